The molecule has 2 aliphatic rings. The lowest BCUT2D eigenvalue weighted by Gasteiger charge is -2.24. The zero-order valence-corrected chi connectivity index (χ0v) is 14.5. The maximum absolute atomic E-state index is 13.0. The molecule has 1 aliphatic carbocycles. The van der Waals surface area contributed by atoms with E-state index >= 15 is 0 Å². The number of fused-ring (bicyclic) bond motifs is 1. The van der Waals surface area contributed by atoms with E-state index in [4.69, 9.17) is 0 Å². The number of amides is 1. The molecule has 0 N–H and O–H groups in total. The van der Waals surface area contributed by atoms with Gasteiger partial charge in [-0.25, -0.2) is 4.98 Å². The average molecular weight is 348 g/mol. The number of hydrogen-bond donors (Lipinski definition) is 0. The van der Waals surface area contributed by atoms with Crippen molar-refractivity contribution >= 4 is 16.9 Å². The Morgan fingerprint density at radius 1 is 1.15 bits per heavy atom. The minimum atomic E-state index is -0.0479. The number of hydrogen-bond acceptors (Lipinski definition) is 5. The van der Waals surface area contributed by atoms with Gasteiger partial charge in [0.05, 0.1) is 35.5 Å². The fourth-order valence-corrected chi connectivity index (χ4v) is 3.68. The molecule has 3 heterocycles. The maximum atomic E-state index is 13.0. The summed E-state index contributed by atoms with van der Waals surface area (Å²) in [4.78, 5) is 23.8. The summed E-state index contributed by atoms with van der Waals surface area (Å²) in [5.74, 6) is 0.547. The first-order valence-corrected chi connectivity index (χ1v) is 9.21. The summed E-state index contributed by atoms with van der Waals surface area (Å²) in [6.45, 7) is 1.44. The zero-order valence-electron chi connectivity index (χ0n) is 14.5. The van der Waals surface area contributed by atoms with Crippen LogP contribution < -0.4 is 0 Å². The molecule has 1 amide bonds. The van der Waals surface area contributed by atoms with E-state index in [0.717, 1.165) is 36.1 Å². The van der Waals surface area contributed by atoms with Crippen molar-refractivity contribution in [1.29, 1.82) is 0 Å². The van der Waals surface area contributed by atoms with Gasteiger partial charge in [-0.15, -0.1) is 5.10 Å². The van der Waals surface area contributed by atoms with Crippen molar-refractivity contribution in [3.8, 4) is 0 Å². The Kier molecular flexibility index (Phi) is 3.65. The highest BCUT2D eigenvalue weighted by Gasteiger charge is 2.32. The van der Waals surface area contributed by atoms with Crippen molar-refractivity contribution in [2.75, 3.05) is 6.54 Å². The fourth-order valence-electron chi connectivity index (χ4n) is 3.68. The highest BCUT2D eigenvalue weighted by Crippen LogP contribution is 2.38. The number of aromatic nitrogens is 5. The minimum absolute atomic E-state index is 0.0479. The summed E-state index contributed by atoms with van der Waals surface area (Å²) in [5.41, 5.74) is 3.05. The van der Waals surface area contributed by atoms with Crippen molar-refractivity contribution in [1.82, 2.24) is 29.9 Å². The highest BCUT2D eigenvalue weighted by atomic mass is 16.2. The van der Waals surface area contributed by atoms with E-state index < -0.39 is 0 Å². The van der Waals surface area contributed by atoms with Crippen LogP contribution in [-0.4, -0.2) is 48.4 Å². The van der Waals surface area contributed by atoms with Crippen LogP contribution in [0.2, 0.25) is 0 Å². The molecule has 2 aromatic heterocycles. The van der Waals surface area contributed by atoms with Crippen LogP contribution in [0.1, 0.15) is 47.8 Å². The van der Waals surface area contributed by atoms with Crippen molar-refractivity contribution in [2.45, 2.75) is 44.2 Å². The van der Waals surface area contributed by atoms with Crippen molar-refractivity contribution in [3.05, 3.63) is 48.0 Å². The van der Waals surface area contributed by atoms with E-state index in [0.29, 0.717) is 18.2 Å². The molecular formula is C19H20N6O. The third-order valence-electron chi connectivity index (χ3n) is 5.26. The molecule has 3 aromatic rings. The van der Waals surface area contributed by atoms with Crippen LogP contribution in [0.5, 0.6) is 0 Å². The Bertz CT molecular complexity index is 963. The normalized spacial score (nSPS) is 20.0. The molecule has 0 bridgehead atoms. The first kappa shape index (κ1) is 15.4. The molecule has 0 unspecified atom stereocenters. The molecule has 1 saturated carbocycles. The second kappa shape index (κ2) is 6.16. The van der Waals surface area contributed by atoms with Gasteiger partial charge >= 0.3 is 0 Å². The van der Waals surface area contributed by atoms with Gasteiger partial charge in [-0.05, 0) is 37.8 Å². The lowest BCUT2D eigenvalue weighted by Crippen LogP contribution is -2.38. The first-order chi connectivity index (χ1) is 12.8. The van der Waals surface area contributed by atoms with Crippen molar-refractivity contribution in [3.63, 3.8) is 0 Å². The Morgan fingerprint density at radius 3 is 2.85 bits per heavy atom. The number of benzene rings is 1. The van der Waals surface area contributed by atoms with Gasteiger partial charge in [0.25, 0.3) is 5.91 Å². The molecule has 132 valence electrons. The van der Waals surface area contributed by atoms with E-state index in [1.807, 2.05) is 40.0 Å². The predicted molar refractivity (Wildman–Crippen MR) is 95.6 cm³/mol. The van der Waals surface area contributed by atoms with Crippen LogP contribution >= 0.6 is 0 Å². The maximum Gasteiger partial charge on any atom is 0.274 e. The monoisotopic (exact) mass is 348 g/mol. The third-order valence-corrected chi connectivity index (χ3v) is 5.26. The Labute approximate surface area is 151 Å². The van der Waals surface area contributed by atoms with Crippen LogP contribution in [0, 0.1) is 0 Å². The predicted octanol–water partition coefficient (Wildman–Crippen LogP) is 2.40. The van der Waals surface area contributed by atoms with Crippen LogP contribution in [0.4, 0.5) is 0 Å². The standard InChI is InChI=1S/C19H20N6O/c26-19(17-10-20-15-5-1-2-6-16(15)21-17)25-9-3-4-14(25)11-24-12-18(22-23-24)13-7-8-13/h1-2,5-6,10,12-14H,3-4,7-9,11H2/t14-/m0/s1. The molecule has 7 heteroatoms. The summed E-state index contributed by atoms with van der Waals surface area (Å²) in [6.07, 6.45) is 8.03. The van der Waals surface area contributed by atoms with E-state index in [1.54, 1.807) is 6.20 Å². The quantitative estimate of drug-likeness (QED) is 0.723. The fraction of sp³-hybridized carbons (Fsp3) is 0.421. The third kappa shape index (κ3) is 2.83. The first-order valence-electron chi connectivity index (χ1n) is 9.21. The lowest BCUT2D eigenvalue weighted by molar-refractivity contribution is 0.0715. The highest BCUT2D eigenvalue weighted by molar-refractivity contribution is 5.94. The zero-order chi connectivity index (χ0) is 17.5. The topological polar surface area (TPSA) is 76.8 Å². The number of nitrogens with zero attached hydrogens (tertiary/aromatic N) is 6. The summed E-state index contributed by atoms with van der Waals surface area (Å²) in [5, 5.41) is 8.52. The molecule has 0 radical (unpaired) electrons. The Balaban J connectivity index is 1.35. The van der Waals surface area contributed by atoms with Gasteiger partial charge in [0.1, 0.15) is 5.69 Å². The van der Waals surface area contributed by atoms with Gasteiger partial charge < -0.3 is 4.90 Å². The molecular weight excluding hydrogens is 328 g/mol. The number of para-hydroxylation sites is 2. The van der Waals surface area contributed by atoms with Gasteiger partial charge in [0, 0.05) is 18.7 Å². The molecule has 7 nitrogen and oxygen atoms in total. The second-order valence-corrected chi connectivity index (χ2v) is 7.18. The van der Waals surface area contributed by atoms with E-state index in [2.05, 4.69) is 20.3 Å². The lowest BCUT2D eigenvalue weighted by atomic mass is 10.2. The molecule has 0 spiro atoms. The van der Waals surface area contributed by atoms with Crippen LogP contribution in [0.15, 0.2) is 36.7 Å². The van der Waals surface area contributed by atoms with Gasteiger partial charge in [0.15, 0.2) is 0 Å². The van der Waals surface area contributed by atoms with E-state index in [-0.39, 0.29) is 11.9 Å². The number of carbonyl (C=O) groups is 1. The molecule has 1 aromatic carbocycles. The van der Waals surface area contributed by atoms with Gasteiger partial charge in [-0.1, -0.05) is 17.3 Å². The molecule has 1 atom stereocenters. The van der Waals surface area contributed by atoms with Crippen molar-refractivity contribution < 1.29 is 4.79 Å². The molecule has 1 aliphatic heterocycles. The SMILES string of the molecule is O=C(c1cnc2ccccc2n1)N1CCC[C@H]1Cn1cc(C2CC2)nn1. The average Bonchev–Trinajstić information content (AvgIpc) is 3.25. The largest absolute Gasteiger partial charge is 0.332 e. The summed E-state index contributed by atoms with van der Waals surface area (Å²) in [6, 6.07) is 7.74. The Morgan fingerprint density at radius 2 is 2.00 bits per heavy atom. The van der Waals surface area contributed by atoms with Gasteiger partial charge in [-0.3, -0.25) is 14.5 Å². The molecule has 1 saturated heterocycles. The molecule has 2 fully saturated rings. The van der Waals surface area contributed by atoms with Crippen LogP contribution in [0.3, 0.4) is 0 Å². The van der Waals surface area contributed by atoms with Gasteiger partial charge in [0.2, 0.25) is 0 Å². The number of rotatable bonds is 4. The second-order valence-electron chi connectivity index (χ2n) is 7.18. The summed E-state index contributed by atoms with van der Waals surface area (Å²) < 4.78 is 1.88. The van der Waals surface area contributed by atoms with E-state index in [9.17, 15) is 4.79 Å². The summed E-state index contributed by atoms with van der Waals surface area (Å²) >= 11 is 0. The van der Waals surface area contributed by atoms with Crippen LogP contribution in [-0.2, 0) is 6.54 Å². The van der Waals surface area contributed by atoms with Crippen molar-refractivity contribution in [2.24, 2.45) is 0 Å². The smallest absolute Gasteiger partial charge is 0.274 e. The Hall–Kier alpha value is -2.83. The number of likely N-dealkylation sites (tertiary alicyclic amines) is 1. The number of carbonyl (C=O) groups excluding carboxylic acids is 1. The summed E-state index contributed by atoms with van der Waals surface area (Å²) in [7, 11) is 0. The molecule has 5 rings (SSSR count). The van der Waals surface area contributed by atoms with Crippen LogP contribution in [0.25, 0.3) is 11.0 Å². The minimum Gasteiger partial charge on any atom is -0.332 e. The van der Waals surface area contributed by atoms with E-state index in [1.165, 1.54) is 12.8 Å². The molecule has 26 heavy (non-hydrogen) atoms. The van der Waals surface area contributed by atoms with Gasteiger partial charge in [-0.2, -0.15) is 0 Å².